The molecule has 2 aliphatic rings. The summed E-state index contributed by atoms with van der Waals surface area (Å²) in [5.41, 5.74) is 2.22. The lowest BCUT2D eigenvalue weighted by Gasteiger charge is -2.26. The molecule has 9 nitrogen and oxygen atoms in total. The van der Waals surface area contributed by atoms with Crippen molar-refractivity contribution in [3.05, 3.63) is 77.9 Å². The first-order chi connectivity index (χ1) is 17.0. The van der Waals surface area contributed by atoms with E-state index in [2.05, 4.69) is 26.7 Å². The fourth-order valence-electron chi connectivity index (χ4n) is 4.09. The molecule has 2 aromatic carbocycles. The van der Waals surface area contributed by atoms with E-state index >= 15 is 0 Å². The van der Waals surface area contributed by atoms with Crippen LogP contribution in [0.3, 0.4) is 0 Å². The molecule has 178 valence electrons. The van der Waals surface area contributed by atoms with Crippen LogP contribution < -0.4 is 15.4 Å². The van der Waals surface area contributed by atoms with Crippen molar-refractivity contribution in [3.8, 4) is 11.8 Å². The highest BCUT2D eigenvalue weighted by Crippen LogP contribution is 2.35. The Hall–Kier alpha value is -3.94. The highest BCUT2D eigenvalue weighted by molar-refractivity contribution is 7.89. The number of rotatable bonds is 6. The SMILES string of the molecule is N#CC(=C1Nc2ccccc2O1)c1ccnc(NCc2cccc(S(=O)(=O)N3CCCCC3)c2)n1. The maximum atomic E-state index is 13.0. The van der Waals surface area contributed by atoms with Crippen LogP contribution in [0.25, 0.3) is 5.57 Å². The Labute approximate surface area is 204 Å². The van der Waals surface area contributed by atoms with Crippen molar-refractivity contribution in [1.29, 1.82) is 5.26 Å². The van der Waals surface area contributed by atoms with Crippen LogP contribution in [0.2, 0.25) is 0 Å². The summed E-state index contributed by atoms with van der Waals surface area (Å²) >= 11 is 0. The zero-order valence-electron chi connectivity index (χ0n) is 18.9. The van der Waals surface area contributed by atoms with E-state index in [1.165, 1.54) is 0 Å². The Morgan fingerprint density at radius 3 is 2.74 bits per heavy atom. The quantitative estimate of drug-likeness (QED) is 0.500. The predicted molar refractivity (Wildman–Crippen MR) is 132 cm³/mol. The summed E-state index contributed by atoms with van der Waals surface area (Å²) in [4.78, 5) is 8.99. The fraction of sp³-hybridized carbons (Fsp3) is 0.240. The minimum absolute atomic E-state index is 0.251. The molecular weight excluding hydrogens is 464 g/mol. The van der Waals surface area contributed by atoms with Crippen LogP contribution in [0.1, 0.15) is 30.5 Å². The maximum Gasteiger partial charge on any atom is 0.243 e. The van der Waals surface area contributed by atoms with Crippen LogP contribution in [0.15, 0.2) is 71.6 Å². The molecule has 1 fully saturated rings. The molecule has 0 radical (unpaired) electrons. The molecule has 0 saturated carbocycles. The summed E-state index contributed by atoms with van der Waals surface area (Å²) in [5.74, 6) is 1.27. The van der Waals surface area contributed by atoms with E-state index in [-0.39, 0.29) is 10.5 Å². The number of allylic oxidation sites excluding steroid dienone is 1. The third kappa shape index (κ3) is 4.82. The minimum Gasteiger partial charge on any atom is -0.437 e. The van der Waals surface area contributed by atoms with Crippen LogP contribution in [0.5, 0.6) is 5.75 Å². The van der Waals surface area contributed by atoms with Crippen molar-refractivity contribution in [1.82, 2.24) is 14.3 Å². The molecule has 1 saturated heterocycles. The lowest BCUT2D eigenvalue weighted by molar-refractivity contribution is 0.346. The van der Waals surface area contributed by atoms with Gasteiger partial charge in [-0.05, 0) is 48.7 Å². The van der Waals surface area contributed by atoms with E-state index in [4.69, 9.17) is 4.74 Å². The third-order valence-corrected chi connectivity index (χ3v) is 7.79. The zero-order chi connectivity index (χ0) is 24.3. The highest BCUT2D eigenvalue weighted by Gasteiger charge is 2.26. The Balaban J connectivity index is 1.32. The van der Waals surface area contributed by atoms with E-state index in [1.807, 2.05) is 30.3 Å². The summed E-state index contributed by atoms with van der Waals surface area (Å²) in [6.07, 6.45) is 4.40. The van der Waals surface area contributed by atoms with Gasteiger partial charge in [0, 0.05) is 25.8 Å². The Morgan fingerprint density at radius 2 is 1.94 bits per heavy atom. The average molecular weight is 489 g/mol. The summed E-state index contributed by atoms with van der Waals surface area (Å²) < 4.78 is 33.3. The summed E-state index contributed by atoms with van der Waals surface area (Å²) in [7, 11) is -3.51. The smallest absolute Gasteiger partial charge is 0.243 e. The van der Waals surface area contributed by atoms with E-state index in [0.29, 0.717) is 42.9 Å². The van der Waals surface area contributed by atoms with Gasteiger partial charge in [-0.1, -0.05) is 30.7 Å². The van der Waals surface area contributed by atoms with Gasteiger partial charge in [-0.25, -0.2) is 18.4 Å². The molecule has 0 unspecified atom stereocenters. The first kappa shape index (κ1) is 22.8. The number of anilines is 2. The number of sulfonamides is 1. The number of aromatic nitrogens is 2. The molecule has 2 N–H and O–H groups in total. The van der Waals surface area contributed by atoms with Crippen molar-refractivity contribution in [2.75, 3.05) is 23.7 Å². The molecule has 0 aliphatic carbocycles. The average Bonchev–Trinajstić information content (AvgIpc) is 3.33. The minimum atomic E-state index is -3.51. The summed E-state index contributed by atoms with van der Waals surface area (Å²) in [5, 5.41) is 16.0. The molecule has 0 amide bonds. The Morgan fingerprint density at radius 1 is 1.11 bits per heavy atom. The predicted octanol–water partition coefficient (Wildman–Crippen LogP) is 3.96. The first-order valence-corrected chi connectivity index (χ1v) is 12.8. The van der Waals surface area contributed by atoms with E-state index < -0.39 is 10.0 Å². The summed E-state index contributed by atoms with van der Waals surface area (Å²) in [6.45, 7) is 1.45. The van der Waals surface area contributed by atoms with Crippen LogP contribution in [-0.2, 0) is 16.6 Å². The van der Waals surface area contributed by atoms with Gasteiger partial charge in [0.1, 0.15) is 11.6 Å². The van der Waals surface area contributed by atoms with E-state index in [0.717, 1.165) is 30.5 Å². The second-order valence-corrected chi connectivity index (χ2v) is 10.2. The molecule has 3 aromatic rings. The molecule has 2 aliphatic heterocycles. The van der Waals surface area contributed by atoms with Gasteiger partial charge in [0.25, 0.3) is 0 Å². The molecule has 10 heteroatoms. The van der Waals surface area contributed by atoms with Crippen molar-refractivity contribution in [3.63, 3.8) is 0 Å². The Kier molecular flexibility index (Phi) is 6.35. The van der Waals surface area contributed by atoms with E-state index in [1.54, 1.807) is 34.8 Å². The molecule has 3 heterocycles. The third-order valence-electron chi connectivity index (χ3n) is 5.90. The number of nitrogens with zero attached hydrogens (tertiary/aromatic N) is 4. The number of nitrogens with one attached hydrogen (secondary N) is 2. The van der Waals surface area contributed by atoms with Crippen molar-refractivity contribution in [2.45, 2.75) is 30.7 Å². The lowest BCUT2D eigenvalue weighted by Crippen LogP contribution is -2.35. The number of para-hydroxylation sites is 2. The van der Waals surface area contributed by atoms with Crippen molar-refractivity contribution >= 4 is 27.2 Å². The number of fused-ring (bicyclic) bond motifs is 1. The molecule has 35 heavy (non-hydrogen) atoms. The zero-order valence-corrected chi connectivity index (χ0v) is 19.8. The number of nitriles is 1. The molecular formula is C25H24N6O3S. The van der Waals surface area contributed by atoms with Crippen LogP contribution >= 0.6 is 0 Å². The van der Waals surface area contributed by atoms with E-state index in [9.17, 15) is 13.7 Å². The van der Waals surface area contributed by atoms with Crippen LogP contribution in [0, 0.1) is 11.3 Å². The highest BCUT2D eigenvalue weighted by atomic mass is 32.2. The lowest BCUT2D eigenvalue weighted by atomic mass is 10.2. The van der Waals surface area contributed by atoms with Gasteiger partial charge in [0.15, 0.2) is 5.75 Å². The maximum absolute atomic E-state index is 13.0. The number of piperidine rings is 1. The van der Waals surface area contributed by atoms with Crippen molar-refractivity contribution < 1.29 is 13.2 Å². The number of ether oxygens (including phenoxy) is 1. The summed E-state index contributed by atoms with van der Waals surface area (Å²) in [6, 6.07) is 18.1. The first-order valence-electron chi connectivity index (χ1n) is 11.4. The number of hydrogen-bond donors (Lipinski definition) is 2. The van der Waals surface area contributed by atoms with Crippen LogP contribution in [-0.4, -0.2) is 35.8 Å². The fourth-order valence-corrected chi connectivity index (χ4v) is 5.68. The standard InChI is InChI=1S/C25H24N6O3S/c26-16-20(24-29-22-9-2-3-10-23(22)34-24)21-11-12-27-25(30-21)28-17-18-7-6-8-19(15-18)35(32,33)31-13-4-1-5-14-31/h2-3,6-12,15,29H,1,4-5,13-14,17H2,(H,27,28,30). The molecule has 0 bridgehead atoms. The van der Waals surface area contributed by atoms with Gasteiger partial charge in [-0.2, -0.15) is 9.57 Å². The Bertz CT molecular complexity index is 1400. The van der Waals surface area contributed by atoms with Gasteiger partial charge in [0.2, 0.25) is 21.9 Å². The van der Waals surface area contributed by atoms with Crippen LogP contribution in [0.4, 0.5) is 11.6 Å². The van der Waals surface area contributed by atoms with Gasteiger partial charge in [-0.15, -0.1) is 0 Å². The number of hydrogen-bond acceptors (Lipinski definition) is 8. The van der Waals surface area contributed by atoms with Gasteiger partial charge in [-0.3, -0.25) is 0 Å². The molecule has 5 rings (SSSR count). The second kappa shape index (κ2) is 9.74. The normalized spacial score (nSPS) is 17.0. The van der Waals surface area contributed by atoms with Crippen molar-refractivity contribution in [2.24, 2.45) is 0 Å². The van der Waals surface area contributed by atoms with Gasteiger partial charge >= 0.3 is 0 Å². The monoisotopic (exact) mass is 488 g/mol. The largest absolute Gasteiger partial charge is 0.437 e. The van der Waals surface area contributed by atoms with Gasteiger partial charge < -0.3 is 15.4 Å². The second-order valence-electron chi connectivity index (χ2n) is 8.27. The topological polar surface area (TPSA) is 120 Å². The molecule has 0 spiro atoms. The van der Waals surface area contributed by atoms with Gasteiger partial charge in [0.05, 0.1) is 16.3 Å². The number of benzene rings is 2. The molecule has 0 atom stereocenters. The molecule has 1 aromatic heterocycles.